The Kier molecular flexibility index (Phi) is 4.95. The van der Waals surface area contributed by atoms with Gasteiger partial charge in [-0.3, -0.25) is 10.1 Å². The van der Waals surface area contributed by atoms with Crippen LogP contribution in [0.15, 0.2) is 66.7 Å². The lowest BCUT2D eigenvalue weighted by molar-refractivity contribution is 0.102. The highest BCUT2D eigenvalue weighted by molar-refractivity contribution is 7.22. The molecule has 3 aromatic carbocycles. The fourth-order valence-electron chi connectivity index (χ4n) is 2.85. The maximum Gasteiger partial charge on any atom is 0.261 e. The third-order valence-corrected chi connectivity index (χ3v) is 5.35. The molecule has 4 rings (SSSR count). The van der Waals surface area contributed by atoms with Crippen LogP contribution in [-0.2, 0) is 0 Å². The van der Waals surface area contributed by atoms with E-state index in [1.807, 2.05) is 55.5 Å². The van der Waals surface area contributed by atoms with Crippen LogP contribution in [0.25, 0.3) is 10.2 Å². The number of anilines is 1. The molecule has 0 bridgehead atoms. The lowest BCUT2D eigenvalue weighted by Crippen LogP contribution is -2.12. The molecule has 0 aliphatic carbocycles. The number of carbonyl (C=O) groups excluding carboxylic acids is 1. The van der Waals surface area contributed by atoms with Crippen LogP contribution in [-0.4, -0.2) is 18.0 Å². The molecule has 0 spiro atoms. The Morgan fingerprint density at radius 3 is 2.50 bits per heavy atom. The molecular formula is C22H18N2O3S. The summed E-state index contributed by atoms with van der Waals surface area (Å²) >= 11 is 1.42. The number of para-hydroxylation sites is 2. The SMILES string of the molecule is COc1ccc(C)c2sc(NC(=O)c3ccccc3Oc3ccccc3)nc12. The molecule has 0 saturated heterocycles. The van der Waals surface area contributed by atoms with E-state index >= 15 is 0 Å². The van der Waals surface area contributed by atoms with Crippen molar-refractivity contribution in [2.24, 2.45) is 0 Å². The summed E-state index contributed by atoms with van der Waals surface area (Å²) in [6, 6.07) is 20.4. The van der Waals surface area contributed by atoms with Gasteiger partial charge in [-0.05, 0) is 42.8 Å². The molecule has 0 saturated carbocycles. The van der Waals surface area contributed by atoms with Crippen molar-refractivity contribution in [1.29, 1.82) is 0 Å². The standard InChI is InChI=1S/C22H18N2O3S/c1-14-12-13-18(26-2)19-20(14)28-22(23-19)24-21(25)16-10-6-7-11-17(16)27-15-8-4-3-5-9-15/h3-13H,1-2H3,(H,23,24,25). The fourth-order valence-corrected chi connectivity index (χ4v) is 3.80. The van der Waals surface area contributed by atoms with Gasteiger partial charge in [-0.2, -0.15) is 0 Å². The lowest BCUT2D eigenvalue weighted by Gasteiger charge is -2.10. The van der Waals surface area contributed by atoms with E-state index in [1.165, 1.54) is 11.3 Å². The van der Waals surface area contributed by atoms with Crippen LogP contribution >= 0.6 is 11.3 Å². The van der Waals surface area contributed by atoms with Crippen LogP contribution in [0.3, 0.4) is 0 Å². The maximum absolute atomic E-state index is 12.9. The Balaban J connectivity index is 1.63. The average molecular weight is 390 g/mol. The number of nitrogens with zero attached hydrogens (tertiary/aromatic N) is 1. The second kappa shape index (κ2) is 7.70. The number of rotatable bonds is 5. The first-order chi connectivity index (χ1) is 13.7. The second-order valence-electron chi connectivity index (χ2n) is 6.15. The molecule has 1 amide bonds. The first kappa shape index (κ1) is 18.0. The van der Waals surface area contributed by atoms with Crippen LogP contribution < -0.4 is 14.8 Å². The van der Waals surface area contributed by atoms with Crippen LogP contribution in [0, 0.1) is 6.92 Å². The zero-order chi connectivity index (χ0) is 19.5. The average Bonchev–Trinajstić information content (AvgIpc) is 3.14. The van der Waals surface area contributed by atoms with Gasteiger partial charge < -0.3 is 9.47 Å². The molecule has 28 heavy (non-hydrogen) atoms. The maximum atomic E-state index is 12.9. The number of amides is 1. The highest BCUT2D eigenvalue weighted by atomic mass is 32.1. The summed E-state index contributed by atoms with van der Waals surface area (Å²) in [7, 11) is 1.61. The van der Waals surface area contributed by atoms with Crippen molar-refractivity contribution in [2.45, 2.75) is 6.92 Å². The number of hydrogen-bond acceptors (Lipinski definition) is 5. The summed E-state index contributed by atoms with van der Waals surface area (Å²) in [6.07, 6.45) is 0. The summed E-state index contributed by atoms with van der Waals surface area (Å²) in [4.78, 5) is 17.4. The molecule has 0 unspecified atom stereocenters. The number of ether oxygens (including phenoxy) is 2. The number of nitrogens with one attached hydrogen (secondary N) is 1. The minimum Gasteiger partial charge on any atom is -0.494 e. The van der Waals surface area contributed by atoms with Crippen LogP contribution in [0.1, 0.15) is 15.9 Å². The van der Waals surface area contributed by atoms with E-state index in [0.717, 1.165) is 15.8 Å². The van der Waals surface area contributed by atoms with Crippen molar-refractivity contribution in [1.82, 2.24) is 4.98 Å². The van der Waals surface area contributed by atoms with E-state index in [4.69, 9.17) is 9.47 Å². The summed E-state index contributed by atoms with van der Waals surface area (Å²) in [5, 5.41) is 3.40. The number of benzene rings is 3. The molecule has 6 heteroatoms. The van der Waals surface area contributed by atoms with Gasteiger partial charge in [0.25, 0.3) is 5.91 Å². The topological polar surface area (TPSA) is 60.5 Å². The van der Waals surface area contributed by atoms with Crippen molar-refractivity contribution in [3.63, 3.8) is 0 Å². The molecule has 140 valence electrons. The van der Waals surface area contributed by atoms with E-state index < -0.39 is 0 Å². The van der Waals surface area contributed by atoms with E-state index in [2.05, 4.69) is 10.3 Å². The quantitative estimate of drug-likeness (QED) is 0.478. The normalized spacial score (nSPS) is 10.6. The first-order valence-electron chi connectivity index (χ1n) is 8.73. The summed E-state index contributed by atoms with van der Waals surface area (Å²) in [5.74, 6) is 1.57. The van der Waals surface area contributed by atoms with Crippen molar-refractivity contribution >= 4 is 32.6 Å². The molecule has 1 aromatic heterocycles. The van der Waals surface area contributed by atoms with E-state index in [0.29, 0.717) is 27.9 Å². The summed E-state index contributed by atoms with van der Waals surface area (Å²) in [6.45, 7) is 2.01. The van der Waals surface area contributed by atoms with E-state index in [-0.39, 0.29) is 5.91 Å². The number of thiazole rings is 1. The zero-order valence-electron chi connectivity index (χ0n) is 15.4. The van der Waals surface area contributed by atoms with Gasteiger partial charge >= 0.3 is 0 Å². The highest BCUT2D eigenvalue weighted by Gasteiger charge is 2.17. The molecule has 0 fully saturated rings. The molecular weight excluding hydrogens is 372 g/mol. The molecule has 4 aromatic rings. The van der Waals surface area contributed by atoms with Crippen LogP contribution in [0.4, 0.5) is 5.13 Å². The number of carbonyl (C=O) groups is 1. The molecule has 0 aliphatic rings. The summed E-state index contributed by atoms with van der Waals surface area (Å²) < 4.78 is 12.3. The Morgan fingerprint density at radius 2 is 1.71 bits per heavy atom. The Morgan fingerprint density at radius 1 is 0.964 bits per heavy atom. The van der Waals surface area contributed by atoms with Gasteiger partial charge in [-0.15, -0.1) is 0 Å². The molecule has 1 N–H and O–H groups in total. The van der Waals surface area contributed by atoms with Crippen molar-refractivity contribution in [3.05, 3.63) is 77.9 Å². The minimum atomic E-state index is -0.276. The van der Waals surface area contributed by atoms with Crippen molar-refractivity contribution in [2.75, 3.05) is 12.4 Å². The number of hydrogen-bond donors (Lipinski definition) is 1. The molecule has 1 heterocycles. The molecule has 5 nitrogen and oxygen atoms in total. The predicted octanol–water partition coefficient (Wildman–Crippen LogP) is 5.66. The van der Waals surface area contributed by atoms with Gasteiger partial charge in [0.05, 0.1) is 17.4 Å². The number of fused-ring (bicyclic) bond motifs is 1. The Labute approximate surface area is 166 Å². The third-order valence-electron chi connectivity index (χ3n) is 4.25. The number of aryl methyl sites for hydroxylation is 1. The minimum absolute atomic E-state index is 0.276. The second-order valence-corrected chi connectivity index (χ2v) is 7.15. The molecule has 0 aliphatic heterocycles. The first-order valence-corrected chi connectivity index (χ1v) is 9.55. The number of methoxy groups -OCH3 is 1. The predicted molar refractivity (Wildman–Crippen MR) is 112 cm³/mol. The van der Waals surface area contributed by atoms with Crippen molar-refractivity contribution < 1.29 is 14.3 Å². The van der Waals surface area contributed by atoms with Gasteiger partial charge in [0, 0.05) is 0 Å². The summed E-state index contributed by atoms with van der Waals surface area (Å²) in [5.41, 5.74) is 2.27. The monoisotopic (exact) mass is 390 g/mol. The van der Waals surface area contributed by atoms with Crippen LogP contribution in [0.2, 0.25) is 0 Å². The Bertz CT molecular complexity index is 1140. The Hall–Kier alpha value is -3.38. The largest absolute Gasteiger partial charge is 0.494 e. The lowest BCUT2D eigenvalue weighted by atomic mass is 10.2. The smallest absolute Gasteiger partial charge is 0.261 e. The molecule has 0 radical (unpaired) electrons. The van der Waals surface area contributed by atoms with Gasteiger partial charge in [0.2, 0.25) is 0 Å². The van der Waals surface area contributed by atoms with Gasteiger partial charge in [0.15, 0.2) is 5.13 Å². The fraction of sp³-hybridized carbons (Fsp3) is 0.0909. The van der Waals surface area contributed by atoms with Gasteiger partial charge in [0.1, 0.15) is 22.8 Å². The molecule has 0 atom stereocenters. The highest BCUT2D eigenvalue weighted by Crippen LogP contribution is 2.35. The van der Waals surface area contributed by atoms with Gasteiger partial charge in [-0.1, -0.05) is 47.7 Å². The van der Waals surface area contributed by atoms with E-state index in [1.54, 1.807) is 25.3 Å². The third kappa shape index (κ3) is 3.54. The van der Waals surface area contributed by atoms with E-state index in [9.17, 15) is 4.79 Å². The van der Waals surface area contributed by atoms with Crippen LogP contribution in [0.5, 0.6) is 17.2 Å². The van der Waals surface area contributed by atoms with Gasteiger partial charge in [-0.25, -0.2) is 4.98 Å². The van der Waals surface area contributed by atoms with Crippen molar-refractivity contribution in [3.8, 4) is 17.2 Å². The number of aromatic nitrogens is 1. The zero-order valence-corrected chi connectivity index (χ0v) is 16.2.